The molecule has 0 rings (SSSR count). The maximum absolute atomic E-state index is 9.06. The SMILES string of the molecule is O=[P](=O)[Sb]. The van der Waals surface area contributed by atoms with Crippen LogP contribution in [0.5, 0.6) is 0 Å². The summed E-state index contributed by atoms with van der Waals surface area (Å²) in [6.07, 6.45) is 0. The van der Waals surface area contributed by atoms with E-state index in [1.807, 2.05) is 0 Å². The van der Waals surface area contributed by atoms with Crippen molar-refractivity contribution in [3.05, 3.63) is 0 Å². The van der Waals surface area contributed by atoms with Crippen molar-refractivity contribution in [3.63, 3.8) is 0 Å². The van der Waals surface area contributed by atoms with Crippen LogP contribution in [-0.2, 0) is 9.13 Å². The summed E-state index contributed by atoms with van der Waals surface area (Å²) in [6, 6.07) is 0. The van der Waals surface area contributed by atoms with Gasteiger partial charge in [0.25, 0.3) is 0 Å². The van der Waals surface area contributed by atoms with Gasteiger partial charge in [0.15, 0.2) is 0 Å². The minimum atomic E-state index is -2.07. The fourth-order valence-electron chi connectivity index (χ4n) is 0. The van der Waals surface area contributed by atoms with Crippen molar-refractivity contribution >= 4 is 27.7 Å². The normalized spacial score (nSPS) is 6.25. The molecule has 0 N–H and O–H groups in total. The van der Waals surface area contributed by atoms with Crippen molar-refractivity contribution < 1.29 is 9.13 Å². The Bertz CT molecular complexity index is 54.4. The Morgan fingerprint density at radius 2 is 1.50 bits per heavy atom. The Kier molecular flexibility index (Phi) is 2.34. The molecule has 0 spiro atoms. The van der Waals surface area contributed by atoms with Gasteiger partial charge in [0.1, 0.15) is 0 Å². The van der Waals surface area contributed by atoms with Crippen LogP contribution in [0.15, 0.2) is 0 Å². The Balaban J connectivity index is 3.51. The van der Waals surface area contributed by atoms with Crippen molar-refractivity contribution in [2.75, 3.05) is 0 Å². The average Bonchev–Trinajstić information content (AvgIpc) is 0.811. The van der Waals surface area contributed by atoms with Gasteiger partial charge in [0.05, 0.1) is 0 Å². The average molecular weight is 185 g/mol. The molecule has 0 aliphatic heterocycles. The fraction of sp³-hybridized carbons (Fsp3) is 0. The molecule has 0 aliphatic rings. The van der Waals surface area contributed by atoms with Crippen LogP contribution >= 0.6 is 5.25 Å². The topological polar surface area (TPSA) is 34.1 Å². The van der Waals surface area contributed by atoms with Gasteiger partial charge in [-0.25, -0.2) is 0 Å². The second kappa shape index (κ2) is 1.99. The van der Waals surface area contributed by atoms with Crippen molar-refractivity contribution in [2.24, 2.45) is 0 Å². The van der Waals surface area contributed by atoms with Gasteiger partial charge in [0.2, 0.25) is 0 Å². The second-order valence-corrected chi connectivity index (χ2v) is 3.51. The molecule has 0 amide bonds. The molecule has 0 aromatic rings. The zero-order valence-electron chi connectivity index (χ0n) is 1.71. The summed E-state index contributed by atoms with van der Waals surface area (Å²) < 4.78 is 18.1. The second-order valence-electron chi connectivity index (χ2n) is 0.238. The number of hydrogen-bond donors (Lipinski definition) is 0. The van der Waals surface area contributed by atoms with Crippen LogP contribution in [0, 0.1) is 0 Å². The number of rotatable bonds is 0. The van der Waals surface area contributed by atoms with Crippen LogP contribution < -0.4 is 0 Å². The number of hydrogen-bond acceptors (Lipinski definition) is 2. The molecule has 4 heteroatoms. The monoisotopic (exact) mass is 184 g/mol. The van der Waals surface area contributed by atoms with Gasteiger partial charge in [-0.1, -0.05) is 0 Å². The third kappa shape index (κ3) is 15.6. The van der Waals surface area contributed by atoms with E-state index in [2.05, 4.69) is 0 Å². The Morgan fingerprint density at radius 3 is 1.50 bits per heavy atom. The third-order valence-corrected chi connectivity index (χ3v) is 0. The molecule has 0 aromatic carbocycles. The van der Waals surface area contributed by atoms with Gasteiger partial charge < -0.3 is 0 Å². The van der Waals surface area contributed by atoms with Gasteiger partial charge >= 0.3 is 36.8 Å². The van der Waals surface area contributed by atoms with Gasteiger partial charge in [-0.3, -0.25) is 0 Å². The first-order valence-corrected chi connectivity index (χ1v) is 5.12. The molecule has 22 valence electrons. The van der Waals surface area contributed by atoms with Crippen LogP contribution in [0.4, 0.5) is 0 Å². The van der Waals surface area contributed by atoms with Crippen LogP contribution in [0.3, 0.4) is 0 Å². The van der Waals surface area contributed by atoms with E-state index in [1.54, 1.807) is 0 Å². The minimum absolute atomic E-state index is 0.826. The predicted molar refractivity (Wildman–Crippen MR) is 14.0 cm³/mol. The Hall–Kier alpha value is 0.718. The van der Waals surface area contributed by atoms with E-state index in [4.69, 9.17) is 9.13 Å². The molecule has 0 bridgehead atoms. The zero-order valence-corrected chi connectivity index (χ0v) is 5.16. The van der Waals surface area contributed by atoms with Crippen LogP contribution in [0.1, 0.15) is 0 Å². The summed E-state index contributed by atoms with van der Waals surface area (Å²) in [6.45, 7) is 0. The fourth-order valence-corrected chi connectivity index (χ4v) is 0. The maximum atomic E-state index is 9.06. The molecular weight excluding hydrogens is 185 g/mol. The van der Waals surface area contributed by atoms with E-state index in [-0.39, 0.29) is 0 Å². The summed E-state index contributed by atoms with van der Waals surface area (Å²) in [4.78, 5) is 0. The Morgan fingerprint density at radius 1 is 1.50 bits per heavy atom. The van der Waals surface area contributed by atoms with E-state index in [0.29, 0.717) is 0 Å². The molecule has 0 aromatic heterocycles. The molecule has 0 saturated heterocycles. The van der Waals surface area contributed by atoms with E-state index in [1.165, 1.54) is 0 Å². The molecule has 0 unspecified atom stereocenters. The molecule has 0 heterocycles. The predicted octanol–water partition coefficient (Wildman–Crippen LogP) is 0.243. The van der Waals surface area contributed by atoms with Crippen molar-refractivity contribution in [3.8, 4) is 0 Å². The molecular formula is O2PSb. The van der Waals surface area contributed by atoms with Gasteiger partial charge in [-0.15, -0.1) is 0 Å². The van der Waals surface area contributed by atoms with E-state index >= 15 is 0 Å². The van der Waals surface area contributed by atoms with Crippen molar-refractivity contribution in [1.29, 1.82) is 0 Å². The van der Waals surface area contributed by atoms with Gasteiger partial charge in [-0.2, -0.15) is 0 Å². The van der Waals surface area contributed by atoms with E-state index < -0.39 is 5.25 Å². The van der Waals surface area contributed by atoms with Crippen LogP contribution in [0.25, 0.3) is 0 Å². The zero-order chi connectivity index (χ0) is 3.58. The summed E-state index contributed by atoms with van der Waals surface area (Å²) in [5.74, 6) is 0. The summed E-state index contributed by atoms with van der Waals surface area (Å²) in [7, 11) is 0. The standard InChI is InChI=1S/O2P.Sb/c1-3-2;. The van der Waals surface area contributed by atoms with Crippen molar-refractivity contribution in [2.45, 2.75) is 0 Å². The van der Waals surface area contributed by atoms with Crippen LogP contribution in [-0.4, -0.2) is 22.5 Å². The first-order chi connectivity index (χ1) is 1.73. The molecule has 4 heavy (non-hydrogen) atoms. The quantitative estimate of drug-likeness (QED) is 0.400. The first-order valence-electron chi connectivity index (χ1n) is 0.565. The molecule has 0 atom stereocenters. The third-order valence-electron chi connectivity index (χ3n) is 0. The van der Waals surface area contributed by atoms with Gasteiger partial charge in [0, 0.05) is 0 Å². The molecule has 2 nitrogen and oxygen atoms in total. The molecule has 0 fully saturated rings. The summed E-state index contributed by atoms with van der Waals surface area (Å²) in [5.41, 5.74) is 0. The Labute approximate surface area is 37.2 Å². The van der Waals surface area contributed by atoms with Gasteiger partial charge in [-0.05, 0) is 0 Å². The summed E-state index contributed by atoms with van der Waals surface area (Å²) >= 11 is 0.826. The van der Waals surface area contributed by atoms with Crippen molar-refractivity contribution in [1.82, 2.24) is 0 Å². The first kappa shape index (κ1) is 4.72. The van der Waals surface area contributed by atoms with E-state index in [9.17, 15) is 0 Å². The van der Waals surface area contributed by atoms with E-state index in [0.717, 1.165) is 22.5 Å². The molecule has 0 aliphatic carbocycles. The van der Waals surface area contributed by atoms with Crippen LogP contribution in [0.2, 0.25) is 0 Å². The molecule has 2 radical (unpaired) electrons. The summed E-state index contributed by atoms with van der Waals surface area (Å²) in [5, 5.41) is -2.07. The molecule has 0 saturated carbocycles.